The van der Waals surface area contributed by atoms with E-state index >= 15 is 0 Å². The van der Waals surface area contributed by atoms with Gasteiger partial charge >= 0.3 is 0 Å². The van der Waals surface area contributed by atoms with Crippen LogP contribution in [0, 0.1) is 6.92 Å². The highest BCUT2D eigenvalue weighted by Gasteiger charge is 2.11. The topological polar surface area (TPSA) is 42.7 Å². The third kappa shape index (κ3) is 2.79. The van der Waals surface area contributed by atoms with E-state index in [1.165, 1.54) is 11.1 Å². The zero-order valence-corrected chi connectivity index (χ0v) is 12.2. The first-order valence-corrected chi connectivity index (χ1v) is 7.02. The van der Waals surface area contributed by atoms with Crippen LogP contribution in [0.1, 0.15) is 24.1 Å². The second kappa shape index (κ2) is 5.79. The van der Waals surface area contributed by atoms with Crippen molar-refractivity contribution in [2.75, 3.05) is 5.32 Å². The predicted molar refractivity (Wildman–Crippen MR) is 84.6 cm³/mol. The van der Waals surface area contributed by atoms with Crippen molar-refractivity contribution >= 4 is 5.69 Å². The molecule has 3 aromatic rings. The maximum atomic E-state index is 4.21. The molecular weight excluding hydrogens is 260 g/mol. The van der Waals surface area contributed by atoms with Gasteiger partial charge in [-0.2, -0.15) is 5.10 Å². The van der Waals surface area contributed by atoms with Crippen LogP contribution in [0.25, 0.3) is 5.69 Å². The number of rotatable bonds is 4. The van der Waals surface area contributed by atoms with Crippen molar-refractivity contribution in [3.05, 3.63) is 72.3 Å². The second-order valence-corrected chi connectivity index (χ2v) is 5.08. The fourth-order valence-corrected chi connectivity index (χ4v) is 2.51. The van der Waals surface area contributed by atoms with E-state index in [0.717, 1.165) is 11.4 Å². The van der Waals surface area contributed by atoms with Crippen LogP contribution in [-0.4, -0.2) is 14.8 Å². The Bertz CT molecular complexity index is 719. The lowest BCUT2D eigenvalue weighted by molar-refractivity contribution is 0.848. The van der Waals surface area contributed by atoms with Crippen molar-refractivity contribution in [2.45, 2.75) is 19.9 Å². The number of nitrogens with one attached hydrogen (secondary N) is 1. The van der Waals surface area contributed by atoms with Gasteiger partial charge in [-0.05, 0) is 37.1 Å². The van der Waals surface area contributed by atoms with E-state index in [0.29, 0.717) is 0 Å². The summed E-state index contributed by atoms with van der Waals surface area (Å²) in [5, 5.41) is 7.78. The fourth-order valence-electron chi connectivity index (χ4n) is 2.51. The molecule has 1 N–H and O–H groups in total. The summed E-state index contributed by atoms with van der Waals surface area (Å²) in [6.45, 7) is 4.30. The number of aromatic nitrogens is 3. The van der Waals surface area contributed by atoms with Gasteiger partial charge < -0.3 is 5.32 Å². The van der Waals surface area contributed by atoms with Crippen molar-refractivity contribution in [3.63, 3.8) is 0 Å². The Morgan fingerprint density at radius 2 is 1.81 bits per heavy atom. The Hall–Kier alpha value is -2.62. The third-order valence-electron chi connectivity index (χ3n) is 3.60. The molecule has 0 saturated carbocycles. The number of benzene rings is 2. The van der Waals surface area contributed by atoms with E-state index in [1.807, 2.05) is 18.2 Å². The van der Waals surface area contributed by atoms with Crippen LogP contribution in [-0.2, 0) is 0 Å². The molecule has 0 aliphatic carbocycles. The monoisotopic (exact) mass is 278 g/mol. The average Bonchev–Trinajstić information content (AvgIpc) is 3.02. The number of hydrogen-bond acceptors (Lipinski definition) is 3. The minimum absolute atomic E-state index is 0.218. The Labute approximate surface area is 124 Å². The van der Waals surface area contributed by atoms with Gasteiger partial charge in [-0.25, -0.2) is 9.67 Å². The summed E-state index contributed by atoms with van der Waals surface area (Å²) in [4.78, 5) is 4.02. The molecule has 1 atom stereocenters. The molecular formula is C17H18N4. The minimum atomic E-state index is 0.218. The highest BCUT2D eigenvalue weighted by molar-refractivity contribution is 5.61. The maximum absolute atomic E-state index is 4.21. The largest absolute Gasteiger partial charge is 0.377 e. The maximum Gasteiger partial charge on any atom is 0.138 e. The molecule has 1 unspecified atom stereocenters. The molecule has 0 aliphatic rings. The highest BCUT2D eigenvalue weighted by atomic mass is 15.3. The summed E-state index contributed by atoms with van der Waals surface area (Å²) >= 11 is 0. The van der Waals surface area contributed by atoms with Crippen LogP contribution in [0.3, 0.4) is 0 Å². The Balaban J connectivity index is 1.91. The van der Waals surface area contributed by atoms with Crippen molar-refractivity contribution in [3.8, 4) is 5.69 Å². The van der Waals surface area contributed by atoms with Crippen LogP contribution in [0.2, 0.25) is 0 Å². The van der Waals surface area contributed by atoms with Gasteiger partial charge in [0.2, 0.25) is 0 Å². The van der Waals surface area contributed by atoms with Crippen molar-refractivity contribution in [1.82, 2.24) is 14.8 Å². The number of aryl methyl sites for hydroxylation is 1. The van der Waals surface area contributed by atoms with Crippen molar-refractivity contribution < 1.29 is 0 Å². The summed E-state index contributed by atoms with van der Waals surface area (Å²) < 4.78 is 1.77. The average molecular weight is 278 g/mol. The smallest absolute Gasteiger partial charge is 0.138 e. The summed E-state index contributed by atoms with van der Waals surface area (Å²) in [6, 6.07) is 16.8. The van der Waals surface area contributed by atoms with Crippen molar-refractivity contribution in [2.24, 2.45) is 0 Å². The molecule has 0 saturated heterocycles. The second-order valence-electron chi connectivity index (χ2n) is 5.08. The van der Waals surface area contributed by atoms with Gasteiger partial charge in [0, 0.05) is 6.04 Å². The van der Waals surface area contributed by atoms with E-state index in [2.05, 4.69) is 59.6 Å². The van der Waals surface area contributed by atoms with E-state index in [4.69, 9.17) is 0 Å². The van der Waals surface area contributed by atoms with E-state index in [9.17, 15) is 0 Å². The Kier molecular flexibility index (Phi) is 3.69. The quantitative estimate of drug-likeness (QED) is 0.790. The number of nitrogens with zero attached hydrogens (tertiary/aromatic N) is 3. The number of para-hydroxylation sites is 2. The van der Waals surface area contributed by atoms with Crippen LogP contribution in [0.5, 0.6) is 0 Å². The zero-order chi connectivity index (χ0) is 14.7. The van der Waals surface area contributed by atoms with Crippen LogP contribution in [0.15, 0.2) is 61.2 Å². The highest BCUT2D eigenvalue weighted by Crippen LogP contribution is 2.25. The Morgan fingerprint density at radius 3 is 2.57 bits per heavy atom. The lowest BCUT2D eigenvalue weighted by atomic mass is 10.0. The molecule has 1 aromatic heterocycles. The number of hydrogen-bond donors (Lipinski definition) is 1. The van der Waals surface area contributed by atoms with Crippen molar-refractivity contribution in [1.29, 1.82) is 0 Å². The number of anilines is 1. The molecule has 4 nitrogen and oxygen atoms in total. The summed E-state index contributed by atoms with van der Waals surface area (Å²) in [6.07, 6.45) is 3.25. The normalized spacial score (nSPS) is 12.1. The van der Waals surface area contributed by atoms with Gasteiger partial charge in [-0.1, -0.05) is 36.4 Å². The predicted octanol–water partition coefficient (Wildman–Crippen LogP) is 3.75. The standard InChI is InChI=1S/C17H18N4/c1-13-7-3-4-8-15(13)14(2)20-16-9-5-6-10-17(16)21-12-18-11-19-21/h3-12,14,20H,1-2H3. The molecule has 0 spiro atoms. The summed E-state index contributed by atoms with van der Waals surface area (Å²) in [5.74, 6) is 0. The molecule has 0 bridgehead atoms. The summed E-state index contributed by atoms with van der Waals surface area (Å²) in [7, 11) is 0. The van der Waals surface area contributed by atoms with Crippen LogP contribution < -0.4 is 5.32 Å². The SMILES string of the molecule is Cc1ccccc1C(C)Nc1ccccc1-n1cncn1. The fraction of sp³-hybridized carbons (Fsp3) is 0.176. The van der Waals surface area contributed by atoms with E-state index in [-0.39, 0.29) is 6.04 Å². The molecule has 21 heavy (non-hydrogen) atoms. The molecule has 1 heterocycles. The van der Waals surface area contributed by atoms with E-state index in [1.54, 1.807) is 17.3 Å². The molecule has 0 amide bonds. The van der Waals surface area contributed by atoms with Gasteiger partial charge in [-0.15, -0.1) is 0 Å². The lowest BCUT2D eigenvalue weighted by Crippen LogP contribution is -2.10. The first kappa shape index (κ1) is 13.4. The molecule has 0 aliphatic heterocycles. The molecule has 3 rings (SSSR count). The molecule has 0 radical (unpaired) electrons. The third-order valence-corrected chi connectivity index (χ3v) is 3.60. The zero-order valence-electron chi connectivity index (χ0n) is 12.2. The van der Waals surface area contributed by atoms with Gasteiger partial charge in [-0.3, -0.25) is 0 Å². The molecule has 4 heteroatoms. The molecule has 0 fully saturated rings. The van der Waals surface area contributed by atoms with Crippen LogP contribution in [0.4, 0.5) is 5.69 Å². The van der Waals surface area contributed by atoms with Gasteiger partial charge in [0.1, 0.15) is 12.7 Å². The Morgan fingerprint density at radius 1 is 1.05 bits per heavy atom. The van der Waals surface area contributed by atoms with Crippen LogP contribution >= 0.6 is 0 Å². The summed E-state index contributed by atoms with van der Waals surface area (Å²) in [5.41, 5.74) is 4.62. The molecule has 2 aromatic carbocycles. The van der Waals surface area contributed by atoms with Gasteiger partial charge in [0.05, 0.1) is 11.4 Å². The van der Waals surface area contributed by atoms with Gasteiger partial charge in [0.15, 0.2) is 0 Å². The minimum Gasteiger partial charge on any atom is -0.377 e. The first-order chi connectivity index (χ1) is 10.3. The molecule has 106 valence electrons. The van der Waals surface area contributed by atoms with Gasteiger partial charge in [0.25, 0.3) is 0 Å². The first-order valence-electron chi connectivity index (χ1n) is 7.02. The lowest BCUT2D eigenvalue weighted by Gasteiger charge is -2.19. The van der Waals surface area contributed by atoms with E-state index < -0.39 is 0 Å².